The number of hydrogen-bond donors (Lipinski definition) is 1. The molecule has 0 saturated heterocycles. The van der Waals surface area contributed by atoms with Crippen molar-refractivity contribution < 1.29 is 9.21 Å². The Morgan fingerprint density at radius 1 is 1.24 bits per heavy atom. The van der Waals surface area contributed by atoms with Crippen LogP contribution in [-0.2, 0) is 19.6 Å². The van der Waals surface area contributed by atoms with Gasteiger partial charge in [0.25, 0.3) is 0 Å². The van der Waals surface area contributed by atoms with Crippen LogP contribution < -0.4 is 5.32 Å². The van der Waals surface area contributed by atoms with Gasteiger partial charge in [-0.2, -0.15) is 0 Å². The van der Waals surface area contributed by atoms with Crippen LogP contribution in [0.5, 0.6) is 0 Å². The van der Waals surface area contributed by atoms with Crippen LogP contribution in [0.2, 0.25) is 10.0 Å². The van der Waals surface area contributed by atoms with Crippen LogP contribution in [0.4, 0.5) is 4.79 Å². The van der Waals surface area contributed by atoms with E-state index >= 15 is 0 Å². The molecule has 0 saturated carbocycles. The van der Waals surface area contributed by atoms with E-state index in [4.69, 9.17) is 27.6 Å². The smallest absolute Gasteiger partial charge is 0.318 e. The second kappa shape index (κ2) is 8.93. The molecule has 0 aliphatic rings. The maximum Gasteiger partial charge on any atom is 0.318 e. The number of amides is 2. The van der Waals surface area contributed by atoms with Crippen LogP contribution in [0.1, 0.15) is 37.9 Å². The van der Waals surface area contributed by atoms with Crippen LogP contribution in [-0.4, -0.2) is 26.0 Å². The lowest BCUT2D eigenvalue weighted by atomic mass is 10.1. The van der Waals surface area contributed by atoms with Crippen LogP contribution in [0, 0.1) is 0 Å². The molecule has 0 aliphatic heterocycles. The SMILES string of the molecule is CC(C)(C)NC(=O)N(Cc1ccco1)Cc1nccn1Cc1ccc(Cl)cc1Cl. The van der Waals surface area contributed by atoms with E-state index in [1.807, 2.05) is 43.7 Å². The zero-order valence-corrected chi connectivity index (χ0v) is 18.2. The van der Waals surface area contributed by atoms with E-state index in [0.29, 0.717) is 35.4 Å². The van der Waals surface area contributed by atoms with Crippen molar-refractivity contribution >= 4 is 29.2 Å². The highest BCUT2D eigenvalue weighted by Crippen LogP contribution is 2.22. The van der Waals surface area contributed by atoms with Gasteiger partial charge in [-0.1, -0.05) is 29.3 Å². The third-order valence-electron chi connectivity index (χ3n) is 4.19. The number of nitrogens with one attached hydrogen (secondary N) is 1. The highest BCUT2D eigenvalue weighted by atomic mass is 35.5. The second-order valence-electron chi connectivity index (χ2n) is 7.82. The lowest BCUT2D eigenvalue weighted by molar-refractivity contribution is 0.176. The van der Waals surface area contributed by atoms with Crippen molar-refractivity contribution in [1.29, 1.82) is 0 Å². The number of rotatable bonds is 6. The molecule has 1 N–H and O–H groups in total. The normalized spacial score (nSPS) is 11.5. The Morgan fingerprint density at radius 3 is 2.69 bits per heavy atom. The van der Waals surface area contributed by atoms with Crippen molar-refractivity contribution in [1.82, 2.24) is 19.8 Å². The first-order valence-electron chi connectivity index (χ1n) is 9.25. The largest absolute Gasteiger partial charge is 0.467 e. The minimum Gasteiger partial charge on any atom is -0.467 e. The third-order valence-corrected chi connectivity index (χ3v) is 4.77. The van der Waals surface area contributed by atoms with Gasteiger partial charge >= 0.3 is 6.03 Å². The van der Waals surface area contributed by atoms with Crippen molar-refractivity contribution in [2.75, 3.05) is 0 Å². The Hall–Kier alpha value is -2.44. The van der Waals surface area contributed by atoms with E-state index in [0.717, 1.165) is 11.4 Å². The topological polar surface area (TPSA) is 63.3 Å². The standard InChI is InChI=1S/C21H24Cl2N4O2/c1-21(2,3)25-20(28)27(13-17-5-4-10-29-17)14-19-24-8-9-26(19)12-15-6-7-16(22)11-18(15)23/h4-11H,12-14H2,1-3H3,(H,25,28). The Labute approximate surface area is 180 Å². The fraction of sp³-hybridized carbons (Fsp3) is 0.333. The number of furan rings is 1. The number of hydrogen-bond acceptors (Lipinski definition) is 3. The molecule has 0 aliphatic carbocycles. The van der Waals surface area contributed by atoms with E-state index in [-0.39, 0.29) is 11.6 Å². The summed E-state index contributed by atoms with van der Waals surface area (Å²) in [5, 5.41) is 4.18. The molecule has 0 fully saturated rings. The van der Waals surface area contributed by atoms with Crippen molar-refractivity contribution in [3.05, 3.63) is 76.2 Å². The summed E-state index contributed by atoms with van der Waals surface area (Å²) in [6, 6.07) is 8.87. The number of halogens is 2. The quantitative estimate of drug-likeness (QED) is 0.569. The van der Waals surface area contributed by atoms with Crippen LogP contribution in [0.15, 0.2) is 53.4 Å². The number of aromatic nitrogens is 2. The molecule has 6 nitrogen and oxygen atoms in total. The monoisotopic (exact) mass is 434 g/mol. The average Bonchev–Trinajstić information content (AvgIpc) is 3.27. The van der Waals surface area contributed by atoms with E-state index in [9.17, 15) is 4.79 Å². The first kappa shape index (κ1) is 21.3. The fourth-order valence-electron chi connectivity index (χ4n) is 2.83. The average molecular weight is 435 g/mol. The lowest BCUT2D eigenvalue weighted by Gasteiger charge is -2.28. The van der Waals surface area contributed by atoms with Crippen molar-refractivity contribution in [3.8, 4) is 0 Å². The Bertz CT molecular complexity index is 961. The molecule has 2 amide bonds. The van der Waals surface area contributed by atoms with Gasteiger partial charge in [0.15, 0.2) is 0 Å². The molecule has 29 heavy (non-hydrogen) atoms. The van der Waals surface area contributed by atoms with Gasteiger partial charge in [0.1, 0.15) is 11.6 Å². The van der Waals surface area contributed by atoms with Gasteiger partial charge < -0.3 is 19.2 Å². The summed E-state index contributed by atoms with van der Waals surface area (Å²) in [7, 11) is 0. The second-order valence-corrected chi connectivity index (χ2v) is 8.67. The number of imidazole rings is 1. The molecule has 154 valence electrons. The fourth-order valence-corrected chi connectivity index (χ4v) is 3.30. The Kier molecular flexibility index (Phi) is 6.55. The highest BCUT2D eigenvalue weighted by Gasteiger charge is 2.22. The molecular formula is C21H24Cl2N4O2. The van der Waals surface area contributed by atoms with Crippen LogP contribution >= 0.6 is 23.2 Å². The van der Waals surface area contributed by atoms with Gasteiger partial charge in [0.2, 0.25) is 0 Å². The lowest BCUT2D eigenvalue weighted by Crippen LogP contribution is -2.48. The molecule has 1 aromatic carbocycles. The van der Waals surface area contributed by atoms with E-state index in [1.54, 1.807) is 35.6 Å². The molecule has 0 atom stereocenters. The molecule has 3 rings (SSSR count). The number of urea groups is 1. The van der Waals surface area contributed by atoms with Crippen molar-refractivity contribution in [3.63, 3.8) is 0 Å². The minimum absolute atomic E-state index is 0.187. The molecule has 2 aromatic heterocycles. The summed E-state index contributed by atoms with van der Waals surface area (Å²) < 4.78 is 7.40. The predicted molar refractivity (Wildman–Crippen MR) is 114 cm³/mol. The predicted octanol–water partition coefficient (Wildman–Crippen LogP) is 5.34. The van der Waals surface area contributed by atoms with Crippen LogP contribution in [0.25, 0.3) is 0 Å². The molecule has 0 spiro atoms. The van der Waals surface area contributed by atoms with E-state index < -0.39 is 0 Å². The Balaban J connectivity index is 1.80. The van der Waals surface area contributed by atoms with Crippen molar-refractivity contribution in [2.24, 2.45) is 0 Å². The molecule has 3 aromatic rings. The van der Waals surface area contributed by atoms with Gasteiger partial charge in [-0.3, -0.25) is 0 Å². The third kappa shape index (κ3) is 6.02. The summed E-state index contributed by atoms with van der Waals surface area (Å²) in [6.07, 6.45) is 5.18. The molecule has 0 unspecified atom stereocenters. The maximum absolute atomic E-state index is 12.9. The van der Waals surface area contributed by atoms with Crippen LogP contribution in [0.3, 0.4) is 0 Å². The molecule has 0 bridgehead atoms. The van der Waals surface area contributed by atoms with E-state index in [2.05, 4.69) is 10.3 Å². The number of carbonyl (C=O) groups is 1. The number of benzene rings is 1. The summed E-state index contributed by atoms with van der Waals surface area (Å²) in [5.41, 5.74) is 0.567. The van der Waals surface area contributed by atoms with Gasteiger partial charge in [-0.05, 0) is 50.6 Å². The zero-order valence-electron chi connectivity index (χ0n) is 16.7. The molecule has 0 radical (unpaired) electrons. The first-order chi connectivity index (χ1) is 13.7. The Morgan fingerprint density at radius 2 is 2.03 bits per heavy atom. The summed E-state index contributed by atoms with van der Waals surface area (Å²) >= 11 is 12.3. The van der Waals surface area contributed by atoms with Gasteiger partial charge in [-0.15, -0.1) is 0 Å². The first-order valence-corrected chi connectivity index (χ1v) is 10.0. The van der Waals surface area contributed by atoms with Gasteiger partial charge in [-0.25, -0.2) is 9.78 Å². The summed E-state index contributed by atoms with van der Waals surface area (Å²) in [5.74, 6) is 1.44. The van der Waals surface area contributed by atoms with Gasteiger partial charge in [0, 0.05) is 28.0 Å². The van der Waals surface area contributed by atoms with Crippen molar-refractivity contribution in [2.45, 2.75) is 45.9 Å². The summed E-state index contributed by atoms with van der Waals surface area (Å²) in [6.45, 7) is 7.02. The van der Waals surface area contributed by atoms with Gasteiger partial charge in [0.05, 0.1) is 25.9 Å². The zero-order chi connectivity index (χ0) is 21.0. The number of nitrogens with zero attached hydrogens (tertiary/aromatic N) is 3. The minimum atomic E-state index is -0.356. The number of carbonyl (C=O) groups excluding carboxylic acids is 1. The maximum atomic E-state index is 12.9. The highest BCUT2D eigenvalue weighted by molar-refractivity contribution is 6.35. The molecular weight excluding hydrogens is 411 g/mol. The summed E-state index contributed by atoms with van der Waals surface area (Å²) in [4.78, 5) is 19.0. The molecule has 8 heteroatoms. The van der Waals surface area contributed by atoms with E-state index in [1.165, 1.54) is 0 Å². The molecule has 2 heterocycles.